The number of rotatable bonds is 19. The Morgan fingerprint density at radius 2 is 0.515 bits per heavy atom. The molecule has 0 N–H and O–H groups in total. The summed E-state index contributed by atoms with van der Waals surface area (Å²) in [5, 5.41) is 2.35. The fraction of sp³-hybridized carbons (Fsp3) is 0. The van der Waals surface area contributed by atoms with Crippen molar-refractivity contribution in [2.45, 2.75) is 0 Å². The molecule has 0 aliphatic heterocycles. The van der Waals surface area contributed by atoms with Crippen LogP contribution in [0.15, 0.2) is 400 Å². The summed E-state index contributed by atoms with van der Waals surface area (Å²) >= 11 is 0. The second-order valence-electron chi connectivity index (χ2n) is 23.8. The zero-order chi connectivity index (χ0) is 64.7. The minimum absolute atomic E-state index is 0.680. The molecule has 7 heteroatoms. The number of ether oxygens (including phenoxy) is 1. The van der Waals surface area contributed by atoms with E-state index in [1.165, 1.54) is 10.8 Å². The molecule has 0 aliphatic rings. The Bertz CT molecular complexity index is 5100. The minimum Gasteiger partial charge on any atom is -0.457 e. The van der Waals surface area contributed by atoms with Gasteiger partial charge >= 0.3 is 0 Å². The fourth-order valence-electron chi connectivity index (χ4n) is 13.4. The van der Waals surface area contributed by atoms with E-state index < -0.39 is 0 Å². The summed E-state index contributed by atoms with van der Waals surface area (Å²) in [7, 11) is 0. The summed E-state index contributed by atoms with van der Waals surface area (Å²) in [4.78, 5) is 11.8. The minimum atomic E-state index is 0.680. The third-order valence-corrected chi connectivity index (χ3v) is 17.6. The average Bonchev–Trinajstić information content (AvgIpc) is 1.67. The lowest BCUT2D eigenvalue weighted by atomic mass is 9.99. The van der Waals surface area contributed by atoms with Crippen LogP contribution < -0.4 is 29.2 Å². The monoisotopic (exact) mass is 1250 g/mol. The van der Waals surface area contributed by atoms with Gasteiger partial charge in [-0.05, 0) is 181 Å². The number of hydrogen-bond donors (Lipinski definition) is 0. The molecular formula is C90H66N6O. The quantitative estimate of drug-likeness (QED) is 0.0802. The average molecular weight is 1250 g/mol. The van der Waals surface area contributed by atoms with Gasteiger partial charge in [-0.2, -0.15) is 0 Å². The topological polar surface area (TPSA) is 30.4 Å². The van der Waals surface area contributed by atoms with Crippen LogP contribution in [-0.4, -0.2) is 4.57 Å². The Morgan fingerprint density at radius 1 is 0.196 bits per heavy atom. The molecule has 16 rings (SSSR count). The summed E-state index contributed by atoms with van der Waals surface area (Å²) in [6.07, 6.45) is 0. The van der Waals surface area contributed by atoms with Crippen molar-refractivity contribution in [3.8, 4) is 28.3 Å². The number of benzene rings is 15. The molecule has 0 spiro atoms. The van der Waals surface area contributed by atoms with Crippen molar-refractivity contribution < 1.29 is 4.74 Å². The second kappa shape index (κ2) is 26.9. The van der Waals surface area contributed by atoms with Crippen molar-refractivity contribution in [1.82, 2.24) is 4.57 Å². The van der Waals surface area contributed by atoms with E-state index in [1.807, 2.05) is 30.3 Å². The molecule has 1 aromatic heterocycles. The molecule has 16 aromatic rings. The normalized spacial score (nSPS) is 11.1. The van der Waals surface area contributed by atoms with Crippen LogP contribution in [0.4, 0.5) is 85.3 Å². The van der Waals surface area contributed by atoms with E-state index in [1.54, 1.807) is 0 Å². The van der Waals surface area contributed by atoms with Crippen LogP contribution in [0.2, 0.25) is 0 Å². The lowest BCUT2D eigenvalue weighted by molar-refractivity contribution is 0.483. The summed E-state index contributed by atoms with van der Waals surface area (Å²) in [6.45, 7) is 0. The molecule has 7 nitrogen and oxygen atoms in total. The van der Waals surface area contributed by atoms with Crippen LogP contribution in [0, 0.1) is 0 Å². The van der Waals surface area contributed by atoms with Crippen molar-refractivity contribution in [1.29, 1.82) is 0 Å². The van der Waals surface area contributed by atoms with Gasteiger partial charge in [-0.1, -0.05) is 212 Å². The van der Waals surface area contributed by atoms with E-state index in [2.05, 4.69) is 399 Å². The zero-order valence-electron chi connectivity index (χ0n) is 53.2. The number of fused-ring (bicyclic) bond motifs is 3. The van der Waals surface area contributed by atoms with E-state index in [9.17, 15) is 0 Å². The van der Waals surface area contributed by atoms with E-state index in [4.69, 9.17) is 4.74 Å². The second-order valence-corrected chi connectivity index (χ2v) is 23.8. The lowest BCUT2D eigenvalue weighted by Gasteiger charge is -2.34. The summed E-state index contributed by atoms with van der Waals surface area (Å²) in [5.74, 6) is 1.41. The zero-order valence-corrected chi connectivity index (χ0v) is 53.2. The molecule has 0 fully saturated rings. The van der Waals surface area contributed by atoms with E-state index >= 15 is 0 Å². The maximum absolute atomic E-state index is 6.93. The first-order valence-corrected chi connectivity index (χ1v) is 32.8. The number of para-hydroxylation sites is 11. The Kier molecular flexibility index (Phi) is 16.3. The Balaban J connectivity index is 0.960. The van der Waals surface area contributed by atoms with Crippen LogP contribution in [0.3, 0.4) is 0 Å². The van der Waals surface area contributed by atoms with Gasteiger partial charge in [0, 0.05) is 85.3 Å². The summed E-state index contributed by atoms with van der Waals surface area (Å²) in [5.41, 5.74) is 20.1. The number of anilines is 15. The van der Waals surface area contributed by atoms with E-state index in [0.29, 0.717) is 5.75 Å². The molecule has 1 heterocycles. The van der Waals surface area contributed by atoms with Gasteiger partial charge in [-0.15, -0.1) is 0 Å². The molecule has 0 amide bonds. The van der Waals surface area contributed by atoms with Crippen molar-refractivity contribution >= 4 is 107 Å². The maximum Gasteiger partial charge on any atom is 0.131 e. The molecule has 15 aromatic carbocycles. The maximum atomic E-state index is 6.93. The van der Waals surface area contributed by atoms with Crippen LogP contribution in [0.5, 0.6) is 11.5 Å². The molecule has 0 unspecified atom stereocenters. The standard InChI is InChI=1S/C90H66N6O/c1-10-33-68(34-11-1)91(69-35-12-2-13-36-69)78-61-79(92(70-37-14-3-15-38-70)71-39-16-4-17-40-71)63-80(62-78)95(88-55-30-28-53-85(88)67-57-58-90-87(59-67)86-54-29-31-56-89(86)96(90)75-47-24-8-25-48-75)77-50-32-49-76(60-77)94(74-45-22-7-23-46-74)82-64-81(65-84(66-82)97-83-51-26-9-27-52-83)93(72-41-18-5-19-42-72)73-43-20-6-21-44-73/h1-66H. The number of hydrogen-bond acceptors (Lipinski definition) is 6. The van der Waals surface area contributed by atoms with Crippen LogP contribution >= 0.6 is 0 Å². The highest BCUT2D eigenvalue weighted by Gasteiger charge is 2.27. The van der Waals surface area contributed by atoms with Crippen LogP contribution in [-0.2, 0) is 0 Å². The fourth-order valence-corrected chi connectivity index (χ4v) is 13.4. The van der Waals surface area contributed by atoms with Gasteiger partial charge in [0.15, 0.2) is 0 Å². The number of aromatic nitrogens is 1. The van der Waals surface area contributed by atoms with Gasteiger partial charge in [-0.3, -0.25) is 0 Å². The van der Waals surface area contributed by atoms with Gasteiger partial charge in [0.1, 0.15) is 11.5 Å². The molecule has 97 heavy (non-hydrogen) atoms. The summed E-state index contributed by atoms with van der Waals surface area (Å²) in [6, 6.07) is 142. The lowest BCUT2D eigenvalue weighted by Crippen LogP contribution is -2.17. The van der Waals surface area contributed by atoms with Crippen molar-refractivity contribution in [2.24, 2.45) is 0 Å². The first-order valence-electron chi connectivity index (χ1n) is 32.8. The molecular weight excluding hydrogens is 1180 g/mol. The first kappa shape index (κ1) is 58.9. The third kappa shape index (κ3) is 12.1. The predicted octanol–water partition coefficient (Wildman–Crippen LogP) is 25.6. The Morgan fingerprint density at radius 3 is 0.969 bits per heavy atom. The molecule has 0 radical (unpaired) electrons. The van der Waals surface area contributed by atoms with Gasteiger partial charge in [-0.25, -0.2) is 0 Å². The van der Waals surface area contributed by atoms with Crippen molar-refractivity contribution in [2.75, 3.05) is 24.5 Å². The predicted molar refractivity (Wildman–Crippen MR) is 406 cm³/mol. The molecule has 0 aliphatic carbocycles. The largest absolute Gasteiger partial charge is 0.457 e. The Labute approximate surface area is 566 Å². The first-order chi connectivity index (χ1) is 48.1. The van der Waals surface area contributed by atoms with Crippen LogP contribution in [0.1, 0.15) is 0 Å². The molecule has 0 atom stereocenters. The highest BCUT2D eigenvalue weighted by Crippen LogP contribution is 2.51. The number of nitrogens with zero attached hydrogens (tertiary/aromatic N) is 6. The molecule has 0 saturated carbocycles. The molecule has 0 bridgehead atoms. The van der Waals surface area contributed by atoms with Crippen LogP contribution in [0.25, 0.3) is 38.6 Å². The van der Waals surface area contributed by atoms with Crippen molar-refractivity contribution in [3.63, 3.8) is 0 Å². The molecule has 0 saturated heterocycles. The van der Waals surface area contributed by atoms with Gasteiger partial charge in [0.2, 0.25) is 0 Å². The molecule has 462 valence electrons. The van der Waals surface area contributed by atoms with Gasteiger partial charge in [0.25, 0.3) is 0 Å². The van der Waals surface area contributed by atoms with E-state index in [0.717, 1.165) is 119 Å². The summed E-state index contributed by atoms with van der Waals surface area (Å²) < 4.78 is 9.31. The SMILES string of the molecule is c1ccc(Oc2cc(N(c3ccccc3)c3ccccc3)cc(N(c3ccccc3)c3cccc(N(c4cc(N(c5ccccc5)c5ccccc5)cc(N(c5ccccc5)c5ccccc5)c4)c4ccccc4-c4ccc5c(c4)c4ccccc4n5-c4ccccc4)c3)c2)cc1. The van der Waals surface area contributed by atoms with E-state index in [-0.39, 0.29) is 0 Å². The van der Waals surface area contributed by atoms with Gasteiger partial charge < -0.3 is 33.8 Å². The van der Waals surface area contributed by atoms with Gasteiger partial charge in [0.05, 0.1) is 45.2 Å². The van der Waals surface area contributed by atoms with Crippen molar-refractivity contribution in [3.05, 3.63) is 400 Å². The highest BCUT2D eigenvalue weighted by atomic mass is 16.5. The smallest absolute Gasteiger partial charge is 0.131 e. The Hall–Kier alpha value is -13.1. The highest BCUT2D eigenvalue weighted by molar-refractivity contribution is 6.11. The third-order valence-electron chi connectivity index (χ3n) is 17.6.